The van der Waals surface area contributed by atoms with Crippen molar-refractivity contribution in [2.75, 3.05) is 19.6 Å². The molecule has 0 saturated heterocycles. The average molecular weight is 381 g/mol. The quantitative estimate of drug-likeness (QED) is 0.432. The van der Waals surface area contributed by atoms with Gasteiger partial charge in [-0.1, -0.05) is 49.7 Å². The van der Waals surface area contributed by atoms with Crippen LogP contribution < -0.4 is 0 Å². The van der Waals surface area contributed by atoms with Crippen molar-refractivity contribution in [3.63, 3.8) is 0 Å². The average Bonchev–Trinajstić information content (AvgIpc) is 3.22. The van der Waals surface area contributed by atoms with Crippen LogP contribution in [0.4, 0.5) is 0 Å². The largest absolute Gasteiger partial charge is 0.310 e. The van der Waals surface area contributed by atoms with Crippen molar-refractivity contribution < 1.29 is 0 Å². The molecule has 0 N–H and O–H groups in total. The number of fused-ring (bicyclic) bond motifs is 3. The van der Waals surface area contributed by atoms with Gasteiger partial charge in [0.25, 0.3) is 0 Å². The summed E-state index contributed by atoms with van der Waals surface area (Å²) in [6, 6.07) is 16.4. The zero-order valence-electron chi connectivity index (χ0n) is 15.9. The summed E-state index contributed by atoms with van der Waals surface area (Å²) in [5.74, 6) is 1.00. The van der Waals surface area contributed by atoms with Gasteiger partial charge in [-0.25, -0.2) is 4.98 Å². The van der Waals surface area contributed by atoms with Gasteiger partial charge in [-0.3, -0.25) is 4.40 Å². The molecule has 5 heteroatoms. The molecule has 0 fully saturated rings. The maximum atomic E-state index is 6.10. The molecular formula is C22H25ClN4. The van der Waals surface area contributed by atoms with Crippen LogP contribution in [0.15, 0.2) is 54.7 Å². The van der Waals surface area contributed by atoms with Crippen molar-refractivity contribution in [1.82, 2.24) is 18.9 Å². The molecule has 0 radical (unpaired) electrons. The van der Waals surface area contributed by atoms with Gasteiger partial charge in [-0.05, 0) is 55.9 Å². The van der Waals surface area contributed by atoms with E-state index in [0.29, 0.717) is 0 Å². The molecule has 4 rings (SSSR count). The molecule has 0 saturated carbocycles. The minimum absolute atomic E-state index is 0.758. The Morgan fingerprint density at radius 1 is 1.00 bits per heavy atom. The van der Waals surface area contributed by atoms with E-state index in [1.54, 1.807) is 0 Å². The van der Waals surface area contributed by atoms with Gasteiger partial charge in [0, 0.05) is 17.8 Å². The highest BCUT2D eigenvalue weighted by Crippen LogP contribution is 2.27. The Hall–Kier alpha value is -2.30. The molecule has 0 aliphatic carbocycles. The maximum absolute atomic E-state index is 6.10. The number of rotatable bonds is 7. The number of nitrogens with zero attached hydrogens (tertiary/aromatic N) is 4. The minimum Gasteiger partial charge on any atom is -0.310 e. The molecule has 0 spiro atoms. The molecule has 2 aromatic heterocycles. The first-order chi connectivity index (χ1) is 13.2. The van der Waals surface area contributed by atoms with Crippen LogP contribution in [0.1, 0.15) is 20.3 Å². The summed E-state index contributed by atoms with van der Waals surface area (Å²) >= 11 is 6.10. The minimum atomic E-state index is 0.758. The number of aromatic nitrogens is 3. The Labute approximate surface area is 165 Å². The van der Waals surface area contributed by atoms with Crippen LogP contribution in [0.5, 0.6) is 0 Å². The van der Waals surface area contributed by atoms with Crippen LogP contribution in [-0.2, 0) is 6.54 Å². The van der Waals surface area contributed by atoms with Crippen molar-refractivity contribution >= 4 is 28.4 Å². The van der Waals surface area contributed by atoms with E-state index in [-0.39, 0.29) is 0 Å². The summed E-state index contributed by atoms with van der Waals surface area (Å²) < 4.78 is 4.55. The van der Waals surface area contributed by atoms with E-state index >= 15 is 0 Å². The SMILES string of the molecule is CCN(CC)CCCn1c(-c2ccc(Cl)cc2)cn2c3ccccc3nc12. The molecule has 0 aliphatic heterocycles. The van der Waals surface area contributed by atoms with Crippen LogP contribution in [0.3, 0.4) is 0 Å². The van der Waals surface area contributed by atoms with Crippen LogP contribution in [0.25, 0.3) is 28.1 Å². The molecule has 27 heavy (non-hydrogen) atoms. The summed E-state index contributed by atoms with van der Waals surface area (Å²) in [4.78, 5) is 7.37. The van der Waals surface area contributed by atoms with Crippen LogP contribution in [0, 0.1) is 0 Å². The van der Waals surface area contributed by atoms with Crippen molar-refractivity contribution in [3.05, 3.63) is 59.8 Å². The van der Waals surface area contributed by atoms with Gasteiger partial charge in [0.05, 0.1) is 16.7 Å². The number of hydrogen-bond donors (Lipinski definition) is 0. The Morgan fingerprint density at radius 3 is 2.48 bits per heavy atom. The zero-order valence-corrected chi connectivity index (χ0v) is 16.7. The first kappa shape index (κ1) is 18.1. The molecule has 4 aromatic rings. The summed E-state index contributed by atoms with van der Waals surface area (Å²) in [5, 5.41) is 0.758. The second-order valence-electron chi connectivity index (χ2n) is 6.82. The third-order valence-corrected chi connectivity index (χ3v) is 5.50. The second-order valence-corrected chi connectivity index (χ2v) is 7.26. The van der Waals surface area contributed by atoms with Gasteiger partial charge in [0.1, 0.15) is 0 Å². The van der Waals surface area contributed by atoms with E-state index in [4.69, 9.17) is 16.6 Å². The normalized spacial score (nSPS) is 11.9. The molecule has 4 nitrogen and oxygen atoms in total. The summed E-state index contributed by atoms with van der Waals surface area (Å²) in [6.07, 6.45) is 3.29. The van der Waals surface area contributed by atoms with Crippen LogP contribution in [0.2, 0.25) is 5.02 Å². The van der Waals surface area contributed by atoms with Gasteiger partial charge >= 0.3 is 0 Å². The Kier molecular flexibility index (Phi) is 5.19. The highest BCUT2D eigenvalue weighted by atomic mass is 35.5. The fraction of sp³-hybridized carbons (Fsp3) is 0.318. The first-order valence-corrected chi connectivity index (χ1v) is 10.0. The van der Waals surface area contributed by atoms with Crippen molar-refractivity contribution in [1.29, 1.82) is 0 Å². The van der Waals surface area contributed by atoms with Crippen LogP contribution in [-0.4, -0.2) is 38.5 Å². The van der Waals surface area contributed by atoms with Gasteiger partial charge in [0.15, 0.2) is 0 Å². The lowest BCUT2D eigenvalue weighted by molar-refractivity contribution is 0.294. The predicted octanol–water partition coefficient (Wildman–Crippen LogP) is 5.34. The first-order valence-electron chi connectivity index (χ1n) is 9.66. The van der Waals surface area contributed by atoms with E-state index in [0.717, 1.165) is 60.0 Å². The number of para-hydroxylation sites is 2. The number of imidazole rings is 2. The number of aryl methyl sites for hydroxylation is 1. The fourth-order valence-corrected chi connectivity index (χ4v) is 3.84. The predicted molar refractivity (Wildman–Crippen MR) is 114 cm³/mol. The summed E-state index contributed by atoms with van der Waals surface area (Å²) in [6.45, 7) is 8.66. The van der Waals surface area contributed by atoms with Gasteiger partial charge in [0.2, 0.25) is 5.78 Å². The number of hydrogen-bond acceptors (Lipinski definition) is 2. The highest BCUT2D eigenvalue weighted by Gasteiger charge is 2.15. The lowest BCUT2D eigenvalue weighted by atomic mass is 10.1. The molecule has 0 unspecified atom stereocenters. The number of benzene rings is 2. The third-order valence-electron chi connectivity index (χ3n) is 5.25. The standard InChI is InChI=1S/C22H25ClN4/c1-3-25(4-2)14-7-15-26-21(17-10-12-18(23)13-11-17)16-27-20-9-6-5-8-19(20)24-22(26)27/h5-6,8-13,16H,3-4,7,14-15H2,1-2H3. The number of halogens is 1. The van der Waals surface area contributed by atoms with E-state index < -0.39 is 0 Å². The second kappa shape index (κ2) is 7.75. The third kappa shape index (κ3) is 3.47. The van der Waals surface area contributed by atoms with Crippen molar-refractivity contribution in [2.45, 2.75) is 26.8 Å². The van der Waals surface area contributed by atoms with Gasteiger partial charge in [-0.2, -0.15) is 0 Å². The van der Waals surface area contributed by atoms with E-state index in [2.05, 4.69) is 64.2 Å². The molecule has 140 valence electrons. The lowest BCUT2D eigenvalue weighted by Crippen LogP contribution is -2.24. The molecule has 0 amide bonds. The molecule has 2 aromatic carbocycles. The molecule has 2 heterocycles. The summed E-state index contributed by atoms with van der Waals surface area (Å²) in [5.41, 5.74) is 4.52. The van der Waals surface area contributed by atoms with Crippen molar-refractivity contribution in [3.8, 4) is 11.3 Å². The fourth-order valence-electron chi connectivity index (χ4n) is 3.71. The van der Waals surface area contributed by atoms with E-state index in [1.807, 2.05) is 18.2 Å². The molecule has 0 aliphatic rings. The molecular weight excluding hydrogens is 356 g/mol. The smallest absolute Gasteiger partial charge is 0.215 e. The van der Waals surface area contributed by atoms with Gasteiger partial charge < -0.3 is 9.47 Å². The Bertz CT molecular complexity index is 1040. The lowest BCUT2D eigenvalue weighted by Gasteiger charge is -2.18. The van der Waals surface area contributed by atoms with E-state index in [1.165, 1.54) is 5.69 Å². The molecule has 0 atom stereocenters. The highest BCUT2D eigenvalue weighted by molar-refractivity contribution is 6.30. The maximum Gasteiger partial charge on any atom is 0.215 e. The van der Waals surface area contributed by atoms with Gasteiger partial charge in [-0.15, -0.1) is 0 Å². The van der Waals surface area contributed by atoms with Crippen molar-refractivity contribution in [2.24, 2.45) is 0 Å². The summed E-state index contributed by atoms with van der Waals surface area (Å²) in [7, 11) is 0. The Morgan fingerprint density at radius 2 is 1.74 bits per heavy atom. The van der Waals surface area contributed by atoms with E-state index in [9.17, 15) is 0 Å². The monoisotopic (exact) mass is 380 g/mol. The zero-order chi connectivity index (χ0) is 18.8. The van der Waals surface area contributed by atoms with Crippen LogP contribution >= 0.6 is 11.6 Å². The topological polar surface area (TPSA) is 25.5 Å². The molecule has 0 bridgehead atoms. The Balaban J connectivity index is 1.77.